The van der Waals surface area contributed by atoms with Gasteiger partial charge < -0.3 is 0 Å². The molecule has 0 radical (unpaired) electrons. The lowest BCUT2D eigenvalue weighted by molar-refractivity contribution is 0.584. The van der Waals surface area contributed by atoms with E-state index in [2.05, 4.69) is 59.2 Å². The van der Waals surface area contributed by atoms with Crippen LogP contribution in [0.5, 0.6) is 0 Å². The Morgan fingerprint density at radius 1 is 1.31 bits per heavy atom. The predicted molar refractivity (Wildman–Crippen MR) is 80.7 cm³/mol. The summed E-state index contributed by atoms with van der Waals surface area (Å²) in [7, 11) is -3.42. The van der Waals surface area contributed by atoms with Crippen molar-refractivity contribution in [1.82, 2.24) is 4.72 Å². The summed E-state index contributed by atoms with van der Waals surface area (Å²) in [6, 6.07) is 3.39. The summed E-state index contributed by atoms with van der Waals surface area (Å²) in [5, 5.41) is 0. The average Bonchev–Trinajstić information content (AvgIpc) is 2.20. The molecule has 0 unspecified atom stereocenters. The van der Waals surface area contributed by atoms with Crippen LogP contribution < -0.4 is 4.72 Å². The zero-order chi connectivity index (χ0) is 12.3. The molecule has 0 saturated carbocycles. The molecule has 1 rings (SSSR count). The molecule has 0 fully saturated rings. The number of nitrogens with one attached hydrogen (secondary N) is 1. The van der Waals surface area contributed by atoms with Crippen LogP contribution in [0.3, 0.4) is 0 Å². The van der Waals surface area contributed by atoms with Crippen LogP contribution in [0.4, 0.5) is 0 Å². The Labute approximate surface area is 126 Å². The van der Waals surface area contributed by atoms with Gasteiger partial charge in [-0.25, -0.2) is 13.1 Å². The van der Waals surface area contributed by atoms with E-state index < -0.39 is 10.0 Å². The first kappa shape index (κ1) is 14.9. The molecule has 7 heteroatoms. The molecule has 1 N–H and O–H groups in total. The molecule has 0 heterocycles. The summed E-state index contributed by atoms with van der Waals surface area (Å²) in [6.07, 6.45) is 0. The van der Waals surface area contributed by atoms with Crippen LogP contribution in [0, 0.1) is 6.92 Å². The SMILES string of the molecule is Cc1cc(Br)c(S(=O)(=O)NCCI)cc1Br. The van der Waals surface area contributed by atoms with Crippen LogP contribution in [0.15, 0.2) is 26.0 Å². The van der Waals surface area contributed by atoms with Crippen molar-refractivity contribution in [1.29, 1.82) is 0 Å². The lowest BCUT2D eigenvalue weighted by atomic mass is 10.2. The fourth-order valence-electron chi connectivity index (χ4n) is 1.08. The first-order chi connectivity index (χ1) is 7.38. The van der Waals surface area contributed by atoms with E-state index in [1.54, 1.807) is 12.1 Å². The quantitative estimate of drug-likeness (QED) is 0.529. The van der Waals surface area contributed by atoms with E-state index in [-0.39, 0.29) is 4.90 Å². The van der Waals surface area contributed by atoms with Crippen molar-refractivity contribution < 1.29 is 8.42 Å². The summed E-state index contributed by atoms with van der Waals surface area (Å²) in [5.74, 6) is 0. The maximum atomic E-state index is 11.9. The molecule has 0 aliphatic carbocycles. The van der Waals surface area contributed by atoms with E-state index in [4.69, 9.17) is 0 Å². The first-order valence-electron chi connectivity index (χ1n) is 4.40. The summed E-state index contributed by atoms with van der Waals surface area (Å²) in [5.41, 5.74) is 0.986. The normalized spacial score (nSPS) is 11.8. The van der Waals surface area contributed by atoms with Gasteiger partial charge in [-0.3, -0.25) is 0 Å². The number of aryl methyl sites for hydroxylation is 1. The Morgan fingerprint density at radius 2 is 1.94 bits per heavy atom. The van der Waals surface area contributed by atoms with E-state index in [9.17, 15) is 8.42 Å². The molecule has 1 aromatic rings. The topological polar surface area (TPSA) is 46.2 Å². The minimum Gasteiger partial charge on any atom is -0.210 e. The number of sulfonamides is 1. The Kier molecular flexibility index (Phi) is 5.69. The number of hydrogen-bond acceptors (Lipinski definition) is 2. The van der Waals surface area contributed by atoms with Crippen LogP contribution in [0.2, 0.25) is 0 Å². The van der Waals surface area contributed by atoms with Crippen molar-refractivity contribution in [2.24, 2.45) is 0 Å². The maximum Gasteiger partial charge on any atom is 0.241 e. The highest BCUT2D eigenvalue weighted by molar-refractivity contribution is 14.1. The summed E-state index contributed by atoms with van der Waals surface area (Å²) in [6.45, 7) is 2.34. The van der Waals surface area contributed by atoms with Gasteiger partial charge in [-0.15, -0.1) is 0 Å². The van der Waals surface area contributed by atoms with Gasteiger partial charge in [0.05, 0.1) is 4.90 Å². The van der Waals surface area contributed by atoms with E-state index in [1.807, 2.05) is 6.92 Å². The molecule has 3 nitrogen and oxygen atoms in total. The lowest BCUT2D eigenvalue weighted by Crippen LogP contribution is -2.25. The first-order valence-corrected chi connectivity index (χ1v) is 8.99. The molecular weight excluding hydrogens is 473 g/mol. The Morgan fingerprint density at radius 3 is 2.50 bits per heavy atom. The van der Waals surface area contributed by atoms with Gasteiger partial charge in [0.15, 0.2) is 0 Å². The van der Waals surface area contributed by atoms with Crippen molar-refractivity contribution in [2.75, 3.05) is 11.0 Å². The van der Waals surface area contributed by atoms with Crippen LogP contribution in [-0.2, 0) is 10.0 Å². The van der Waals surface area contributed by atoms with Crippen molar-refractivity contribution in [2.45, 2.75) is 11.8 Å². The van der Waals surface area contributed by atoms with E-state index >= 15 is 0 Å². The van der Waals surface area contributed by atoms with Crippen LogP contribution in [0.25, 0.3) is 0 Å². The van der Waals surface area contributed by atoms with Crippen LogP contribution in [-0.4, -0.2) is 19.4 Å². The van der Waals surface area contributed by atoms with Gasteiger partial charge in [-0.1, -0.05) is 38.5 Å². The van der Waals surface area contributed by atoms with Gasteiger partial charge in [0.25, 0.3) is 0 Å². The van der Waals surface area contributed by atoms with Gasteiger partial charge in [0.1, 0.15) is 0 Å². The third-order valence-electron chi connectivity index (χ3n) is 1.89. The second kappa shape index (κ2) is 6.12. The zero-order valence-electron chi connectivity index (χ0n) is 8.43. The largest absolute Gasteiger partial charge is 0.241 e. The second-order valence-corrected chi connectivity index (χ2v) is 7.64. The smallest absolute Gasteiger partial charge is 0.210 e. The second-order valence-electron chi connectivity index (χ2n) is 3.12. The number of alkyl halides is 1. The molecule has 0 aliphatic rings. The van der Waals surface area contributed by atoms with Gasteiger partial charge in [-0.05, 0) is 40.5 Å². The molecule has 0 aliphatic heterocycles. The van der Waals surface area contributed by atoms with Gasteiger partial charge in [-0.2, -0.15) is 0 Å². The molecular formula is C9H10Br2INO2S. The summed E-state index contributed by atoms with van der Waals surface area (Å²) in [4.78, 5) is 0.259. The Hall–Kier alpha value is 0.820. The van der Waals surface area contributed by atoms with Crippen molar-refractivity contribution in [3.63, 3.8) is 0 Å². The van der Waals surface area contributed by atoms with Crippen LogP contribution >= 0.6 is 54.5 Å². The number of benzene rings is 1. The highest BCUT2D eigenvalue weighted by Crippen LogP contribution is 2.28. The maximum absolute atomic E-state index is 11.9. The third kappa shape index (κ3) is 3.66. The minimum atomic E-state index is -3.42. The zero-order valence-corrected chi connectivity index (χ0v) is 14.6. The Bertz CT molecular complexity index is 491. The standard InChI is InChI=1S/C9H10Br2INO2S/c1-6-4-8(11)9(5-7(6)10)16(14,15)13-3-2-12/h4-5,13H,2-3H2,1H3. The summed E-state index contributed by atoms with van der Waals surface area (Å²) < 4.78 is 28.4. The van der Waals surface area contributed by atoms with Crippen molar-refractivity contribution in [3.8, 4) is 0 Å². The summed E-state index contributed by atoms with van der Waals surface area (Å²) >= 11 is 8.71. The van der Waals surface area contributed by atoms with Crippen molar-refractivity contribution >= 4 is 64.5 Å². The number of hydrogen-bond donors (Lipinski definition) is 1. The lowest BCUT2D eigenvalue weighted by Gasteiger charge is -2.09. The van der Waals surface area contributed by atoms with E-state index in [1.165, 1.54) is 0 Å². The van der Waals surface area contributed by atoms with E-state index in [0.717, 1.165) is 14.5 Å². The van der Waals surface area contributed by atoms with Gasteiger partial charge in [0, 0.05) is 19.9 Å². The molecule has 0 saturated heterocycles. The highest BCUT2D eigenvalue weighted by Gasteiger charge is 2.18. The van der Waals surface area contributed by atoms with Crippen LogP contribution in [0.1, 0.15) is 5.56 Å². The third-order valence-corrected chi connectivity index (χ3v) is 5.70. The van der Waals surface area contributed by atoms with Gasteiger partial charge >= 0.3 is 0 Å². The molecule has 0 amide bonds. The number of halogens is 3. The van der Waals surface area contributed by atoms with E-state index in [0.29, 0.717) is 11.0 Å². The molecule has 90 valence electrons. The number of rotatable bonds is 4. The minimum absolute atomic E-state index is 0.259. The van der Waals surface area contributed by atoms with Gasteiger partial charge in [0.2, 0.25) is 10.0 Å². The predicted octanol–water partition coefficient (Wildman–Crippen LogP) is 3.23. The molecule has 0 bridgehead atoms. The molecule has 0 atom stereocenters. The molecule has 1 aromatic carbocycles. The molecule has 0 aromatic heterocycles. The fraction of sp³-hybridized carbons (Fsp3) is 0.333. The molecule has 16 heavy (non-hydrogen) atoms. The monoisotopic (exact) mass is 481 g/mol. The fourth-order valence-corrected chi connectivity index (χ4v) is 4.43. The van der Waals surface area contributed by atoms with Crippen molar-refractivity contribution in [3.05, 3.63) is 26.6 Å². The Balaban J connectivity index is 3.18. The average molecular weight is 483 g/mol. The highest BCUT2D eigenvalue weighted by atomic mass is 127. The molecule has 0 spiro atoms.